The molecule has 0 aromatic carbocycles. The topological polar surface area (TPSA) is 67.3 Å². The lowest BCUT2D eigenvalue weighted by Gasteiger charge is -1.84. The zero-order valence-corrected chi connectivity index (χ0v) is 9.02. The normalized spacial score (nSPS) is 9.67. The van der Waals surface area contributed by atoms with Gasteiger partial charge in [0.1, 0.15) is 0 Å². The summed E-state index contributed by atoms with van der Waals surface area (Å²) in [6.45, 7) is 6.68. The fourth-order valence-electron chi connectivity index (χ4n) is 0.646. The summed E-state index contributed by atoms with van der Waals surface area (Å²) in [7, 11) is -3.79. The van der Waals surface area contributed by atoms with E-state index in [1.807, 2.05) is 18.2 Å². The second-order valence-electron chi connectivity index (χ2n) is 2.50. The molecule has 0 saturated carbocycles. The number of pyridine rings is 1. The lowest BCUT2D eigenvalue weighted by molar-refractivity contribution is 0.487. The molecule has 0 saturated heterocycles. The summed E-state index contributed by atoms with van der Waals surface area (Å²) in [6.07, 6.45) is 4.59. The zero-order valence-electron chi connectivity index (χ0n) is 8.20. The van der Waals surface area contributed by atoms with E-state index < -0.39 is 10.1 Å². The van der Waals surface area contributed by atoms with Crippen molar-refractivity contribution in [3.8, 4) is 0 Å². The van der Waals surface area contributed by atoms with E-state index in [-0.39, 0.29) is 5.75 Å². The average Bonchev–Trinajstić information content (AvgIpc) is 2.18. The fourth-order valence-corrected chi connectivity index (χ4v) is 0.944. The predicted octanol–water partition coefficient (Wildman–Crippen LogP) is 1.78. The highest BCUT2D eigenvalue weighted by Crippen LogP contribution is 1.91. The highest BCUT2D eigenvalue weighted by atomic mass is 32.2. The Labute approximate surface area is 89.7 Å². The van der Waals surface area contributed by atoms with E-state index in [9.17, 15) is 8.42 Å². The number of nitrogens with zero attached hydrogens (tertiary/aromatic N) is 1. The predicted molar refractivity (Wildman–Crippen MR) is 60.9 cm³/mol. The molecule has 0 aliphatic carbocycles. The second kappa shape index (κ2) is 6.92. The maximum Gasteiger partial charge on any atom is 0.268 e. The standard InChI is InChI=1S/C7H7N.C3H6O3S/c1-2-7-5-3-4-6-8-7;1-2-3-7(4,5)6/h2-6H,1H2;2H,1,3H2,(H,4,5,6). The molecule has 15 heavy (non-hydrogen) atoms. The Hall–Kier alpha value is -1.46. The first-order valence-electron chi connectivity index (χ1n) is 4.09. The average molecular weight is 227 g/mol. The Bertz CT molecular complexity index is 398. The third kappa shape index (κ3) is 8.86. The monoisotopic (exact) mass is 227 g/mol. The third-order valence-electron chi connectivity index (χ3n) is 1.23. The van der Waals surface area contributed by atoms with Crippen molar-refractivity contribution in [3.63, 3.8) is 0 Å². The minimum atomic E-state index is -3.79. The van der Waals surface area contributed by atoms with E-state index in [0.29, 0.717) is 0 Å². The summed E-state index contributed by atoms with van der Waals surface area (Å²) in [5.41, 5.74) is 0.924. The summed E-state index contributed by atoms with van der Waals surface area (Å²) in [5.74, 6) is -0.368. The molecule has 4 nitrogen and oxygen atoms in total. The van der Waals surface area contributed by atoms with Gasteiger partial charge in [0.15, 0.2) is 0 Å². The first kappa shape index (κ1) is 13.5. The van der Waals surface area contributed by atoms with E-state index in [0.717, 1.165) is 11.8 Å². The van der Waals surface area contributed by atoms with E-state index in [4.69, 9.17) is 4.55 Å². The molecule has 82 valence electrons. The SMILES string of the molecule is C=CCS(=O)(=O)O.C=Cc1ccccn1. The van der Waals surface area contributed by atoms with Crippen LogP contribution in [0.15, 0.2) is 43.6 Å². The van der Waals surface area contributed by atoms with Gasteiger partial charge in [0.25, 0.3) is 10.1 Å². The van der Waals surface area contributed by atoms with Crippen molar-refractivity contribution in [1.29, 1.82) is 0 Å². The van der Waals surface area contributed by atoms with Gasteiger partial charge in [-0.15, -0.1) is 6.58 Å². The molecule has 0 aliphatic rings. The van der Waals surface area contributed by atoms with Crippen LogP contribution in [0.3, 0.4) is 0 Å². The lowest BCUT2D eigenvalue weighted by atomic mass is 10.4. The molecule has 0 amide bonds. The summed E-state index contributed by atoms with van der Waals surface area (Å²) in [4.78, 5) is 3.98. The van der Waals surface area contributed by atoms with Crippen molar-refractivity contribution in [2.45, 2.75) is 0 Å². The molecular formula is C10H13NO3S. The van der Waals surface area contributed by atoms with Gasteiger partial charge in [-0.1, -0.05) is 18.7 Å². The first-order valence-corrected chi connectivity index (χ1v) is 5.70. The van der Waals surface area contributed by atoms with Gasteiger partial charge in [0.2, 0.25) is 0 Å². The largest absolute Gasteiger partial charge is 0.285 e. The Kier molecular flexibility index (Phi) is 6.24. The Balaban J connectivity index is 0.000000265. The van der Waals surface area contributed by atoms with Crippen LogP contribution in [-0.4, -0.2) is 23.7 Å². The maximum absolute atomic E-state index is 9.72. The van der Waals surface area contributed by atoms with Gasteiger partial charge in [-0.25, -0.2) is 0 Å². The van der Waals surface area contributed by atoms with Crippen LogP contribution in [0.25, 0.3) is 6.08 Å². The molecule has 1 aromatic heterocycles. The van der Waals surface area contributed by atoms with E-state index >= 15 is 0 Å². The van der Waals surface area contributed by atoms with Crippen LogP contribution in [-0.2, 0) is 10.1 Å². The van der Waals surface area contributed by atoms with E-state index in [2.05, 4.69) is 18.1 Å². The van der Waals surface area contributed by atoms with Gasteiger partial charge in [-0.3, -0.25) is 9.54 Å². The van der Waals surface area contributed by atoms with Crippen molar-refractivity contribution in [2.75, 3.05) is 5.75 Å². The van der Waals surface area contributed by atoms with Crippen LogP contribution < -0.4 is 0 Å². The number of rotatable bonds is 3. The smallest absolute Gasteiger partial charge is 0.268 e. The molecule has 0 unspecified atom stereocenters. The van der Waals surface area contributed by atoms with Gasteiger partial charge in [0, 0.05) is 6.20 Å². The van der Waals surface area contributed by atoms with Crippen LogP contribution in [0.2, 0.25) is 0 Å². The van der Waals surface area contributed by atoms with Crippen LogP contribution in [0, 0.1) is 0 Å². The first-order chi connectivity index (χ1) is 6.99. The van der Waals surface area contributed by atoms with Crippen molar-refractivity contribution in [3.05, 3.63) is 49.3 Å². The molecule has 0 spiro atoms. The minimum Gasteiger partial charge on any atom is -0.285 e. The third-order valence-corrected chi connectivity index (χ3v) is 1.88. The molecule has 0 bridgehead atoms. The molecular weight excluding hydrogens is 214 g/mol. The summed E-state index contributed by atoms with van der Waals surface area (Å²) in [5, 5.41) is 0. The molecule has 1 aromatic rings. The van der Waals surface area contributed by atoms with Gasteiger partial charge in [-0.05, 0) is 18.2 Å². The quantitative estimate of drug-likeness (QED) is 0.631. The molecule has 1 N–H and O–H groups in total. The zero-order chi connectivity index (χ0) is 11.7. The fraction of sp³-hybridized carbons (Fsp3) is 0.100. The van der Waals surface area contributed by atoms with Crippen LogP contribution >= 0.6 is 0 Å². The highest BCUT2D eigenvalue weighted by molar-refractivity contribution is 7.85. The summed E-state index contributed by atoms with van der Waals surface area (Å²) >= 11 is 0. The van der Waals surface area contributed by atoms with Crippen molar-refractivity contribution >= 4 is 16.2 Å². The van der Waals surface area contributed by atoms with Crippen molar-refractivity contribution in [2.24, 2.45) is 0 Å². The number of hydrogen-bond donors (Lipinski definition) is 1. The summed E-state index contributed by atoms with van der Waals surface area (Å²) in [6, 6.07) is 5.73. The van der Waals surface area contributed by atoms with E-state index in [1.165, 1.54) is 0 Å². The Morgan fingerprint density at radius 3 is 2.27 bits per heavy atom. The van der Waals surface area contributed by atoms with Gasteiger partial charge in [0.05, 0.1) is 11.4 Å². The van der Waals surface area contributed by atoms with Crippen molar-refractivity contribution in [1.82, 2.24) is 4.98 Å². The van der Waals surface area contributed by atoms with Gasteiger partial charge in [-0.2, -0.15) is 8.42 Å². The highest BCUT2D eigenvalue weighted by Gasteiger charge is 1.95. The summed E-state index contributed by atoms with van der Waals surface area (Å²) < 4.78 is 27.3. The Morgan fingerprint density at radius 1 is 1.40 bits per heavy atom. The molecule has 0 atom stereocenters. The van der Waals surface area contributed by atoms with Crippen molar-refractivity contribution < 1.29 is 13.0 Å². The molecule has 0 aliphatic heterocycles. The van der Waals surface area contributed by atoms with Gasteiger partial charge >= 0.3 is 0 Å². The second-order valence-corrected chi connectivity index (χ2v) is 3.99. The van der Waals surface area contributed by atoms with Crippen LogP contribution in [0.1, 0.15) is 5.69 Å². The van der Waals surface area contributed by atoms with Gasteiger partial charge < -0.3 is 0 Å². The maximum atomic E-state index is 9.72. The van der Waals surface area contributed by atoms with Crippen LogP contribution in [0.4, 0.5) is 0 Å². The number of hydrogen-bond acceptors (Lipinski definition) is 3. The molecule has 1 heterocycles. The van der Waals surface area contributed by atoms with Crippen LogP contribution in [0.5, 0.6) is 0 Å². The van der Waals surface area contributed by atoms with E-state index in [1.54, 1.807) is 12.3 Å². The minimum absolute atomic E-state index is 0.368. The number of aromatic nitrogens is 1. The molecule has 1 rings (SSSR count). The molecule has 0 fully saturated rings. The Morgan fingerprint density at radius 2 is 2.07 bits per heavy atom. The molecule has 0 radical (unpaired) electrons. The lowest BCUT2D eigenvalue weighted by Crippen LogP contribution is -1.99. The molecule has 5 heteroatoms.